The summed E-state index contributed by atoms with van der Waals surface area (Å²) in [7, 11) is 1.52. The lowest BCUT2D eigenvalue weighted by Gasteiger charge is -2.11. The van der Waals surface area contributed by atoms with Gasteiger partial charge in [-0.3, -0.25) is 9.59 Å². The molecule has 2 amide bonds. The quantitative estimate of drug-likeness (QED) is 0.184. The van der Waals surface area contributed by atoms with Crippen LogP contribution in [0.4, 0.5) is 5.69 Å². The molecule has 7 nitrogen and oxygen atoms in total. The average molecular weight is 519 g/mol. The van der Waals surface area contributed by atoms with Gasteiger partial charge >= 0.3 is 0 Å². The number of carbonyl (C=O) groups is 2. The summed E-state index contributed by atoms with van der Waals surface area (Å²) in [6, 6.07) is 9.07. The zero-order chi connectivity index (χ0) is 22.1. The van der Waals surface area contributed by atoms with E-state index in [2.05, 4.69) is 44.4 Å². The van der Waals surface area contributed by atoms with Crippen molar-refractivity contribution in [1.82, 2.24) is 5.43 Å². The summed E-state index contributed by atoms with van der Waals surface area (Å²) in [6.07, 6.45) is 6.33. The molecule has 0 radical (unpaired) electrons. The Kier molecular flexibility index (Phi) is 8.68. The summed E-state index contributed by atoms with van der Waals surface area (Å²) in [5.74, 6) is 2.50. The van der Waals surface area contributed by atoms with Crippen molar-refractivity contribution in [3.63, 3.8) is 0 Å². The fraction of sp³-hybridized carbons (Fsp3) is 0.227. The topological polar surface area (TPSA) is 89.0 Å². The molecule has 8 heteroatoms. The third-order valence-corrected chi connectivity index (χ3v) is 4.87. The van der Waals surface area contributed by atoms with Crippen molar-refractivity contribution >= 4 is 46.3 Å². The lowest BCUT2D eigenvalue weighted by molar-refractivity contribution is -0.126. The van der Waals surface area contributed by atoms with Crippen LogP contribution in [0.2, 0.25) is 0 Å². The number of nitrogens with one attached hydrogen (secondary N) is 2. The van der Waals surface area contributed by atoms with Crippen molar-refractivity contribution < 1.29 is 19.1 Å². The third kappa shape index (κ3) is 6.77. The van der Waals surface area contributed by atoms with Gasteiger partial charge < -0.3 is 14.8 Å². The number of amides is 2. The summed E-state index contributed by atoms with van der Waals surface area (Å²) in [4.78, 5) is 24.0. The van der Waals surface area contributed by atoms with Gasteiger partial charge in [-0.15, -0.1) is 6.42 Å². The first-order valence-electron chi connectivity index (χ1n) is 8.96. The van der Waals surface area contributed by atoms with E-state index >= 15 is 0 Å². The smallest absolute Gasteiger partial charge is 0.249 e. The van der Waals surface area contributed by atoms with Crippen LogP contribution in [-0.4, -0.2) is 31.7 Å². The molecule has 0 spiro atoms. The molecule has 0 aliphatic carbocycles. The average Bonchev–Trinajstić information content (AvgIpc) is 2.69. The molecule has 0 fully saturated rings. The molecule has 2 rings (SSSR count). The second-order valence-electron chi connectivity index (χ2n) is 6.34. The molecular formula is C22H22IN3O4. The molecule has 0 aromatic heterocycles. The maximum atomic E-state index is 12.0. The molecule has 156 valence electrons. The number of benzene rings is 2. The molecule has 0 aliphatic rings. The minimum atomic E-state index is -0.525. The predicted molar refractivity (Wildman–Crippen MR) is 125 cm³/mol. The lowest BCUT2D eigenvalue weighted by Crippen LogP contribution is -2.24. The molecule has 2 aromatic carbocycles. The fourth-order valence-corrected chi connectivity index (χ4v) is 3.24. The molecule has 0 heterocycles. The Balaban J connectivity index is 1.93. The van der Waals surface area contributed by atoms with Gasteiger partial charge in [0, 0.05) is 5.69 Å². The number of rotatable bonds is 8. The molecule has 0 saturated heterocycles. The van der Waals surface area contributed by atoms with Gasteiger partial charge in [0.2, 0.25) is 11.8 Å². The standard InChI is InChI=1S/C22H22IN3O4/c1-5-8-30-22-18(23)10-16(11-19(22)29-4)13-24-26-21(28)12-20(27)25-17-7-6-14(2)15(3)9-17/h1,6-7,9-11,13H,8,12H2,2-4H3,(H,25,27)(H,26,28). The summed E-state index contributed by atoms with van der Waals surface area (Å²) < 4.78 is 11.6. The Morgan fingerprint density at radius 3 is 2.63 bits per heavy atom. The van der Waals surface area contributed by atoms with E-state index < -0.39 is 11.8 Å². The molecule has 2 aromatic rings. The van der Waals surface area contributed by atoms with Crippen LogP contribution in [-0.2, 0) is 9.59 Å². The number of hydrogen-bond donors (Lipinski definition) is 2. The van der Waals surface area contributed by atoms with Gasteiger partial charge in [-0.25, -0.2) is 5.43 Å². The first-order chi connectivity index (χ1) is 14.3. The molecule has 0 atom stereocenters. The number of halogens is 1. The van der Waals surface area contributed by atoms with Crippen LogP contribution in [0.1, 0.15) is 23.1 Å². The molecule has 0 unspecified atom stereocenters. The summed E-state index contributed by atoms with van der Waals surface area (Å²) in [5, 5.41) is 6.60. The SMILES string of the molecule is C#CCOc1c(I)cc(C=NNC(=O)CC(=O)Nc2ccc(C)c(C)c2)cc1OC. The Hall–Kier alpha value is -3.06. The molecule has 0 saturated carbocycles. The van der Waals surface area contributed by atoms with Gasteiger partial charge in [0.1, 0.15) is 13.0 Å². The first-order valence-corrected chi connectivity index (χ1v) is 10.0. The van der Waals surface area contributed by atoms with Crippen molar-refractivity contribution in [3.05, 3.63) is 50.6 Å². The zero-order valence-electron chi connectivity index (χ0n) is 16.9. The van der Waals surface area contributed by atoms with E-state index in [1.54, 1.807) is 18.2 Å². The van der Waals surface area contributed by atoms with Gasteiger partial charge in [0.15, 0.2) is 11.5 Å². The normalized spacial score (nSPS) is 10.4. The predicted octanol–water partition coefficient (Wildman–Crippen LogP) is 3.41. The van der Waals surface area contributed by atoms with Crippen LogP contribution < -0.4 is 20.2 Å². The van der Waals surface area contributed by atoms with E-state index in [0.717, 1.165) is 14.7 Å². The molecule has 0 aliphatic heterocycles. The highest BCUT2D eigenvalue weighted by Crippen LogP contribution is 2.33. The van der Waals surface area contributed by atoms with E-state index in [9.17, 15) is 9.59 Å². The molecular weight excluding hydrogens is 497 g/mol. The number of carbonyl (C=O) groups excluding carboxylic acids is 2. The maximum Gasteiger partial charge on any atom is 0.249 e. The molecule has 0 bridgehead atoms. The summed E-state index contributed by atoms with van der Waals surface area (Å²) in [5.41, 5.74) is 5.86. The highest BCUT2D eigenvalue weighted by Gasteiger charge is 2.12. The van der Waals surface area contributed by atoms with E-state index in [1.807, 2.05) is 26.0 Å². The number of ether oxygens (including phenoxy) is 2. The zero-order valence-corrected chi connectivity index (χ0v) is 19.1. The van der Waals surface area contributed by atoms with Crippen LogP contribution in [0.3, 0.4) is 0 Å². The number of hydrazone groups is 1. The van der Waals surface area contributed by atoms with Gasteiger partial charge in [-0.1, -0.05) is 12.0 Å². The van der Waals surface area contributed by atoms with Crippen molar-refractivity contribution in [2.45, 2.75) is 20.3 Å². The Morgan fingerprint density at radius 2 is 1.97 bits per heavy atom. The van der Waals surface area contributed by atoms with Crippen LogP contribution in [0.15, 0.2) is 35.4 Å². The number of methoxy groups -OCH3 is 1. The number of aryl methyl sites for hydroxylation is 2. The minimum Gasteiger partial charge on any atom is -0.493 e. The summed E-state index contributed by atoms with van der Waals surface area (Å²) >= 11 is 2.09. The monoisotopic (exact) mass is 519 g/mol. The number of nitrogens with zero attached hydrogens (tertiary/aromatic N) is 1. The minimum absolute atomic E-state index is 0.125. The van der Waals surface area contributed by atoms with Crippen molar-refractivity contribution in [1.29, 1.82) is 0 Å². The van der Waals surface area contributed by atoms with Crippen molar-refractivity contribution in [3.8, 4) is 23.8 Å². The number of terminal acetylenes is 1. The van der Waals surface area contributed by atoms with E-state index in [1.165, 1.54) is 13.3 Å². The van der Waals surface area contributed by atoms with Crippen molar-refractivity contribution in [2.24, 2.45) is 5.10 Å². The van der Waals surface area contributed by atoms with Gasteiger partial charge in [-0.2, -0.15) is 5.10 Å². The second-order valence-corrected chi connectivity index (χ2v) is 7.51. The van der Waals surface area contributed by atoms with Gasteiger partial charge in [0.05, 0.1) is 16.9 Å². The first kappa shape index (κ1) is 23.2. The van der Waals surface area contributed by atoms with Crippen LogP contribution in [0.25, 0.3) is 0 Å². The Bertz CT molecular complexity index is 1010. The van der Waals surface area contributed by atoms with E-state index in [-0.39, 0.29) is 13.0 Å². The highest BCUT2D eigenvalue weighted by atomic mass is 127. The second kappa shape index (κ2) is 11.2. The van der Waals surface area contributed by atoms with Crippen molar-refractivity contribution in [2.75, 3.05) is 19.0 Å². The van der Waals surface area contributed by atoms with Crippen LogP contribution in [0, 0.1) is 29.8 Å². The fourth-order valence-electron chi connectivity index (χ4n) is 2.46. The largest absolute Gasteiger partial charge is 0.493 e. The Morgan fingerprint density at radius 1 is 1.20 bits per heavy atom. The van der Waals surface area contributed by atoms with E-state index in [4.69, 9.17) is 15.9 Å². The van der Waals surface area contributed by atoms with Crippen LogP contribution >= 0.6 is 22.6 Å². The highest BCUT2D eigenvalue weighted by molar-refractivity contribution is 14.1. The van der Waals surface area contributed by atoms with Crippen LogP contribution in [0.5, 0.6) is 11.5 Å². The lowest BCUT2D eigenvalue weighted by atomic mass is 10.1. The third-order valence-electron chi connectivity index (χ3n) is 4.07. The van der Waals surface area contributed by atoms with Gasteiger partial charge in [-0.05, 0) is 77.4 Å². The van der Waals surface area contributed by atoms with E-state index in [0.29, 0.717) is 22.7 Å². The van der Waals surface area contributed by atoms with Gasteiger partial charge in [0.25, 0.3) is 0 Å². The molecule has 2 N–H and O–H groups in total. The Labute approximate surface area is 189 Å². The number of anilines is 1. The maximum absolute atomic E-state index is 12.0. The summed E-state index contributed by atoms with van der Waals surface area (Å²) in [6.45, 7) is 4.07. The molecule has 30 heavy (non-hydrogen) atoms. The number of hydrogen-bond acceptors (Lipinski definition) is 5.